The molecule has 0 fully saturated rings. The smallest absolute Gasteiger partial charge is 0.270 e. The van der Waals surface area contributed by atoms with Gasteiger partial charge in [0.15, 0.2) is 0 Å². The maximum atomic E-state index is 13.3. The van der Waals surface area contributed by atoms with E-state index in [1.807, 2.05) is 36.4 Å². The van der Waals surface area contributed by atoms with Crippen LogP contribution in [0.15, 0.2) is 59.6 Å². The fraction of sp³-hybridized carbons (Fsp3) is 0.500. The number of hydrogen-bond acceptors (Lipinski definition) is 7. The lowest BCUT2D eigenvalue weighted by atomic mass is 9.75. The molecule has 0 saturated heterocycles. The highest BCUT2D eigenvalue weighted by atomic mass is 16.6. The van der Waals surface area contributed by atoms with E-state index in [1.54, 1.807) is 6.92 Å². The lowest BCUT2D eigenvalue weighted by Gasteiger charge is -2.37. The molecule has 8 heteroatoms. The normalized spacial score (nSPS) is 13.2. The number of phenolic OH excluding ortho intramolecular Hbond substituents is 1. The Bertz CT molecular complexity index is 1450. The van der Waals surface area contributed by atoms with Gasteiger partial charge in [0.2, 0.25) is 0 Å². The van der Waals surface area contributed by atoms with Gasteiger partial charge in [-0.15, -0.1) is 0 Å². The lowest BCUT2D eigenvalue weighted by molar-refractivity contribution is -0.384. The molecule has 0 aromatic heterocycles. The molecule has 0 aliphatic carbocycles. The van der Waals surface area contributed by atoms with Crippen molar-refractivity contribution in [2.75, 3.05) is 13.2 Å². The molecule has 3 rings (SSSR count). The third-order valence-electron chi connectivity index (χ3n) is 8.29. The highest BCUT2D eigenvalue weighted by Gasteiger charge is 2.43. The van der Waals surface area contributed by atoms with E-state index in [4.69, 9.17) is 14.5 Å². The summed E-state index contributed by atoms with van der Waals surface area (Å²) in [7, 11) is 0. The topological polar surface area (TPSA) is 114 Å². The predicted molar refractivity (Wildman–Crippen MR) is 186 cm³/mol. The molecular weight excluding hydrogens is 580 g/mol. The van der Waals surface area contributed by atoms with E-state index in [1.165, 1.54) is 24.4 Å². The molecule has 0 aliphatic rings. The second-order valence-electron chi connectivity index (χ2n) is 14.0. The highest BCUT2D eigenvalue weighted by Crippen LogP contribution is 2.46. The molecule has 3 aromatic carbocycles. The van der Waals surface area contributed by atoms with Crippen LogP contribution in [0.1, 0.15) is 116 Å². The van der Waals surface area contributed by atoms with Gasteiger partial charge in [0.05, 0.1) is 24.2 Å². The van der Waals surface area contributed by atoms with Gasteiger partial charge in [-0.25, -0.2) is 0 Å². The number of ether oxygens (including phenoxy) is 2. The van der Waals surface area contributed by atoms with E-state index < -0.39 is 16.6 Å². The fourth-order valence-electron chi connectivity index (χ4n) is 5.15. The SMILES string of the molecule is CCCCOc1ccc(C(C)(C)C)cc1C(O)(c1cc(C(C)(C)C)ccc1OCCCC)[C@H](C)N=Cc1cc([N+](=O)[O-])ccc1O. The molecule has 46 heavy (non-hydrogen) atoms. The van der Waals surface area contributed by atoms with Crippen molar-refractivity contribution in [2.24, 2.45) is 4.99 Å². The highest BCUT2D eigenvalue weighted by molar-refractivity contribution is 5.84. The van der Waals surface area contributed by atoms with Crippen molar-refractivity contribution in [1.82, 2.24) is 0 Å². The van der Waals surface area contributed by atoms with Gasteiger partial charge in [-0.1, -0.05) is 80.4 Å². The van der Waals surface area contributed by atoms with Crippen molar-refractivity contribution in [3.8, 4) is 17.2 Å². The third-order valence-corrected chi connectivity index (χ3v) is 8.29. The predicted octanol–water partition coefficient (Wildman–Crippen LogP) is 9.00. The zero-order valence-electron chi connectivity index (χ0n) is 29.0. The Morgan fingerprint density at radius 3 is 1.72 bits per heavy atom. The zero-order valence-corrected chi connectivity index (χ0v) is 29.0. The number of unbranched alkanes of at least 4 members (excludes halogenated alkanes) is 2. The summed E-state index contributed by atoms with van der Waals surface area (Å²) >= 11 is 0. The van der Waals surface area contributed by atoms with Crippen LogP contribution in [0.4, 0.5) is 5.69 Å². The molecule has 0 aliphatic heterocycles. The number of non-ortho nitro benzene ring substituents is 1. The largest absolute Gasteiger partial charge is 0.507 e. The van der Waals surface area contributed by atoms with Crippen LogP contribution in [0.25, 0.3) is 0 Å². The average Bonchev–Trinajstić information content (AvgIpc) is 2.99. The van der Waals surface area contributed by atoms with E-state index in [9.17, 15) is 20.3 Å². The van der Waals surface area contributed by atoms with Crippen LogP contribution in [-0.4, -0.2) is 40.6 Å². The Balaban J connectivity index is 2.39. The molecule has 2 N–H and O–H groups in total. The van der Waals surface area contributed by atoms with Crippen LogP contribution < -0.4 is 9.47 Å². The first-order valence-electron chi connectivity index (χ1n) is 16.3. The van der Waals surface area contributed by atoms with Crippen LogP contribution in [0, 0.1) is 10.1 Å². The van der Waals surface area contributed by atoms with Crippen molar-refractivity contribution in [3.63, 3.8) is 0 Å². The molecule has 250 valence electrons. The molecule has 0 spiro atoms. The number of nitro benzene ring substituents is 1. The number of aliphatic hydroxyl groups is 1. The number of phenols is 1. The van der Waals surface area contributed by atoms with E-state index in [0.29, 0.717) is 35.8 Å². The monoisotopic (exact) mass is 632 g/mol. The summed E-state index contributed by atoms with van der Waals surface area (Å²) in [6.45, 7) is 19.7. The maximum Gasteiger partial charge on any atom is 0.270 e. The number of benzene rings is 3. The van der Waals surface area contributed by atoms with Crippen molar-refractivity contribution in [3.05, 3.63) is 92.5 Å². The molecule has 8 nitrogen and oxygen atoms in total. The van der Waals surface area contributed by atoms with Gasteiger partial charge in [0.25, 0.3) is 5.69 Å². The summed E-state index contributed by atoms with van der Waals surface area (Å²) in [6, 6.07) is 14.8. The van der Waals surface area contributed by atoms with E-state index in [0.717, 1.165) is 36.8 Å². The first kappa shape index (κ1) is 36.6. The van der Waals surface area contributed by atoms with Crippen molar-refractivity contribution < 1.29 is 24.6 Å². The van der Waals surface area contributed by atoms with Crippen LogP contribution in [0.5, 0.6) is 17.2 Å². The summed E-state index contributed by atoms with van der Waals surface area (Å²) in [4.78, 5) is 15.7. The Labute approximate surface area is 274 Å². The van der Waals surface area contributed by atoms with Crippen molar-refractivity contribution in [2.45, 2.75) is 110 Å². The minimum atomic E-state index is -1.77. The van der Waals surface area contributed by atoms with Gasteiger partial charge < -0.3 is 19.7 Å². The molecule has 0 heterocycles. The number of aliphatic imine (C=N–C) groups is 1. The second-order valence-corrected chi connectivity index (χ2v) is 14.0. The summed E-state index contributed by atoms with van der Waals surface area (Å²) < 4.78 is 12.7. The van der Waals surface area contributed by atoms with Gasteiger partial charge in [0, 0.05) is 35.0 Å². The summed E-state index contributed by atoms with van der Waals surface area (Å²) in [5, 5.41) is 35.3. The Kier molecular flexibility index (Phi) is 12.0. The van der Waals surface area contributed by atoms with Crippen molar-refractivity contribution in [1.29, 1.82) is 0 Å². The van der Waals surface area contributed by atoms with Crippen LogP contribution in [0.3, 0.4) is 0 Å². The van der Waals surface area contributed by atoms with Gasteiger partial charge >= 0.3 is 0 Å². The number of nitrogens with zero attached hydrogens (tertiary/aromatic N) is 2. The third kappa shape index (κ3) is 8.66. The maximum absolute atomic E-state index is 13.3. The number of hydrogen-bond donors (Lipinski definition) is 2. The van der Waals surface area contributed by atoms with Gasteiger partial charge in [-0.05, 0) is 72.1 Å². The molecule has 1 atom stereocenters. The van der Waals surface area contributed by atoms with Gasteiger partial charge in [-0.3, -0.25) is 15.1 Å². The quantitative estimate of drug-likeness (QED) is 0.0793. The summed E-state index contributed by atoms with van der Waals surface area (Å²) in [6.07, 6.45) is 4.99. The van der Waals surface area contributed by atoms with E-state index in [2.05, 4.69) is 55.4 Å². The average molecular weight is 633 g/mol. The molecular formula is C38H52N2O6. The molecule has 3 aromatic rings. The summed E-state index contributed by atoms with van der Waals surface area (Å²) in [5.74, 6) is 0.941. The van der Waals surface area contributed by atoms with Crippen molar-refractivity contribution >= 4 is 11.9 Å². The van der Waals surface area contributed by atoms with Gasteiger partial charge in [0.1, 0.15) is 22.8 Å². The van der Waals surface area contributed by atoms with E-state index in [-0.39, 0.29) is 27.8 Å². The minimum absolute atomic E-state index is 0.151. The van der Waals surface area contributed by atoms with Crippen LogP contribution in [-0.2, 0) is 16.4 Å². The second kappa shape index (κ2) is 15.1. The fourth-order valence-corrected chi connectivity index (χ4v) is 5.15. The van der Waals surface area contributed by atoms with Crippen LogP contribution >= 0.6 is 0 Å². The standard InChI is InChI=1S/C38H52N2O6/c1-10-12-20-45-34-18-14-28(36(4,5)6)23-31(34)38(42,26(3)39-25-27-22-30(40(43)44)16-17-33(27)41)32-24-29(37(7,8)9)15-19-35(32)46-21-13-11-2/h14-19,22-26,41-42H,10-13,20-21H2,1-9H3/t26-/m0/s1. The molecule has 0 amide bonds. The first-order chi connectivity index (χ1) is 21.5. The Hall–Kier alpha value is -3.91. The molecule has 0 saturated carbocycles. The molecule has 0 radical (unpaired) electrons. The lowest BCUT2D eigenvalue weighted by Crippen LogP contribution is -2.39. The van der Waals surface area contributed by atoms with E-state index >= 15 is 0 Å². The Morgan fingerprint density at radius 2 is 1.30 bits per heavy atom. The number of nitro groups is 1. The van der Waals surface area contributed by atoms with Gasteiger partial charge in [-0.2, -0.15) is 0 Å². The minimum Gasteiger partial charge on any atom is -0.507 e. The number of rotatable bonds is 14. The summed E-state index contributed by atoms with van der Waals surface area (Å²) in [5.41, 5.74) is 0.904. The molecule has 0 unspecified atom stereocenters. The van der Waals surface area contributed by atoms with Crippen LogP contribution in [0.2, 0.25) is 0 Å². The Morgan fingerprint density at radius 1 is 0.826 bits per heavy atom. The first-order valence-corrected chi connectivity index (χ1v) is 16.3. The molecule has 0 bridgehead atoms. The zero-order chi connectivity index (χ0) is 34.3. The number of aromatic hydroxyl groups is 1.